The minimum Gasteiger partial charge on any atom is -0.480 e. The Morgan fingerprint density at radius 3 is 2.12 bits per heavy atom. The van der Waals surface area contributed by atoms with Gasteiger partial charge in [0.05, 0.1) is 5.92 Å². The van der Waals surface area contributed by atoms with Crippen molar-refractivity contribution >= 4 is 18.0 Å². The summed E-state index contributed by atoms with van der Waals surface area (Å²) >= 11 is 0. The van der Waals surface area contributed by atoms with Crippen molar-refractivity contribution in [2.75, 3.05) is 13.2 Å². The third kappa shape index (κ3) is 6.16. The van der Waals surface area contributed by atoms with E-state index in [2.05, 4.69) is 34.9 Å². The van der Waals surface area contributed by atoms with Crippen molar-refractivity contribution in [2.45, 2.75) is 52.0 Å². The van der Waals surface area contributed by atoms with E-state index >= 15 is 0 Å². The lowest BCUT2D eigenvalue weighted by Gasteiger charge is -2.22. The molecule has 34 heavy (non-hydrogen) atoms. The lowest BCUT2D eigenvalue weighted by Crippen LogP contribution is -2.46. The molecule has 0 saturated heterocycles. The molecule has 1 aliphatic rings. The zero-order valence-electron chi connectivity index (χ0n) is 20.0. The van der Waals surface area contributed by atoms with Crippen molar-refractivity contribution < 1.29 is 24.2 Å². The molecule has 7 nitrogen and oxygen atoms in total. The van der Waals surface area contributed by atoms with E-state index in [0.717, 1.165) is 22.3 Å². The molecule has 7 heteroatoms. The number of ether oxygens (including phenoxy) is 1. The van der Waals surface area contributed by atoms with Crippen molar-refractivity contribution in [3.63, 3.8) is 0 Å². The van der Waals surface area contributed by atoms with Gasteiger partial charge in [-0.1, -0.05) is 75.7 Å². The molecule has 0 spiro atoms. The summed E-state index contributed by atoms with van der Waals surface area (Å²) in [6.07, 6.45) is 0.930. The maximum Gasteiger partial charge on any atom is 0.407 e. The van der Waals surface area contributed by atoms with Crippen molar-refractivity contribution in [3.05, 3.63) is 59.7 Å². The van der Waals surface area contributed by atoms with E-state index in [1.165, 1.54) is 0 Å². The third-order valence-corrected chi connectivity index (χ3v) is 6.16. The van der Waals surface area contributed by atoms with Crippen molar-refractivity contribution in [3.8, 4) is 11.1 Å². The highest BCUT2D eigenvalue weighted by Gasteiger charge is 2.30. The molecule has 0 aromatic heterocycles. The molecule has 0 fully saturated rings. The van der Waals surface area contributed by atoms with Gasteiger partial charge in [0.25, 0.3) is 0 Å². The fourth-order valence-electron chi connectivity index (χ4n) is 4.54. The van der Waals surface area contributed by atoms with Crippen LogP contribution in [0.25, 0.3) is 11.1 Å². The zero-order valence-corrected chi connectivity index (χ0v) is 20.0. The molecule has 0 saturated carbocycles. The number of carboxylic acid groups (broad SMARTS) is 1. The molecule has 182 valence electrons. The van der Waals surface area contributed by atoms with Crippen LogP contribution in [0.2, 0.25) is 0 Å². The molecule has 2 aromatic rings. The van der Waals surface area contributed by atoms with Crippen LogP contribution >= 0.6 is 0 Å². The van der Waals surface area contributed by atoms with Crippen molar-refractivity contribution in [1.82, 2.24) is 10.6 Å². The molecule has 0 aliphatic heterocycles. The van der Waals surface area contributed by atoms with E-state index in [1.807, 2.05) is 45.0 Å². The molecule has 2 amide bonds. The van der Waals surface area contributed by atoms with Gasteiger partial charge in [-0.2, -0.15) is 0 Å². The Morgan fingerprint density at radius 2 is 1.59 bits per heavy atom. The summed E-state index contributed by atoms with van der Waals surface area (Å²) in [7, 11) is 0. The van der Waals surface area contributed by atoms with Gasteiger partial charge >= 0.3 is 12.1 Å². The van der Waals surface area contributed by atoms with E-state index in [4.69, 9.17) is 4.74 Å². The van der Waals surface area contributed by atoms with Crippen LogP contribution in [0, 0.1) is 11.8 Å². The highest BCUT2D eigenvalue weighted by molar-refractivity contribution is 5.85. The maximum atomic E-state index is 12.8. The summed E-state index contributed by atoms with van der Waals surface area (Å²) in [5, 5.41) is 14.7. The molecular formula is C27H34N2O5. The highest BCUT2D eigenvalue weighted by atomic mass is 16.5. The van der Waals surface area contributed by atoms with Gasteiger partial charge in [0.2, 0.25) is 5.91 Å². The van der Waals surface area contributed by atoms with Gasteiger partial charge in [0.15, 0.2) is 0 Å². The van der Waals surface area contributed by atoms with Gasteiger partial charge in [0, 0.05) is 12.5 Å². The van der Waals surface area contributed by atoms with Crippen LogP contribution in [0.4, 0.5) is 4.79 Å². The fourth-order valence-corrected chi connectivity index (χ4v) is 4.54. The lowest BCUT2D eigenvalue weighted by atomic mass is 9.95. The molecule has 1 aliphatic carbocycles. The minimum atomic E-state index is -1.05. The second kappa shape index (κ2) is 11.7. The van der Waals surface area contributed by atoms with Crippen LogP contribution in [0.15, 0.2) is 48.5 Å². The number of benzene rings is 2. The average molecular weight is 467 g/mol. The summed E-state index contributed by atoms with van der Waals surface area (Å²) in [5.74, 6) is -1.80. The van der Waals surface area contributed by atoms with E-state index < -0.39 is 24.0 Å². The predicted molar refractivity (Wildman–Crippen MR) is 130 cm³/mol. The first-order chi connectivity index (χ1) is 16.3. The van der Waals surface area contributed by atoms with E-state index in [1.54, 1.807) is 0 Å². The first kappa shape index (κ1) is 25.3. The normalized spacial score (nSPS) is 14.1. The number of aliphatic carboxylic acids is 1. The molecule has 2 atom stereocenters. The Morgan fingerprint density at radius 1 is 1.00 bits per heavy atom. The maximum absolute atomic E-state index is 12.8. The topological polar surface area (TPSA) is 105 Å². The van der Waals surface area contributed by atoms with E-state index in [-0.39, 0.29) is 30.9 Å². The minimum absolute atomic E-state index is 0.0433. The number of hydrogen-bond acceptors (Lipinski definition) is 4. The molecule has 1 unspecified atom stereocenters. The Hall–Kier alpha value is -3.35. The van der Waals surface area contributed by atoms with Crippen LogP contribution in [-0.4, -0.2) is 42.3 Å². The van der Waals surface area contributed by atoms with Crippen LogP contribution in [0.1, 0.15) is 57.1 Å². The summed E-state index contributed by atoms with van der Waals surface area (Å²) < 4.78 is 5.56. The highest BCUT2D eigenvalue weighted by Crippen LogP contribution is 2.44. The third-order valence-electron chi connectivity index (χ3n) is 6.16. The number of nitrogens with one attached hydrogen (secondary N) is 2. The number of carbonyl (C=O) groups excluding carboxylic acids is 2. The number of rotatable bonds is 11. The Balaban J connectivity index is 1.59. The van der Waals surface area contributed by atoms with Gasteiger partial charge in [-0.25, -0.2) is 9.59 Å². The number of carbonyl (C=O) groups is 3. The van der Waals surface area contributed by atoms with Crippen LogP contribution < -0.4 is 10.6 Å². The Kier molecular flexibility index (Phi) is 8.68. The van der Waals surface area contributed by atoms with E-state index in [0.29, 0.717) is 19.3 Å². The van der Waals surface area contributed by atoms with Crippen LogP contribution in [-0.2, 0) is 14.3 Å². The number of alkyl carbamates (subject to hydrolysis) is 1. The number of fused-ring (bicyclic) bond motifs is 3. The quantitative estimate of drug-likeness (QED) is 0.450. The SMILES string of the molecule is CCC[C@H](NC(=O)C(CNC(=O)OCC1c2ccccc2-c2ccccc21)CC(C)C)C(=O)O. The van der Waals surface area contributed by atoms with Crippen molar-refractivity contribution in [2.24, 2.45) is 11.8 Å². The Bertz CT molecular complexity index is 974. The monoisotopic (exact) mass is 466 g/mol. The van der Waals surface area contributed by atoms with Gasteiger partial charge in [-0.05, 0) is 41.0 Å². The molecule has 0 heterocycles. The second-order valence-corrected chi connectivity index (χ2v) is 9.22. The largest absolute Gasteiger partial charge is 0.480 e. The molecule has 3 rings (SSSR count). The smallest absolute Gasteiger partial charge is 0.407 e. The number of amides is 2. The Labute approximate surface area is 200 Å². The molecule has 2 aromatic carbocycles. The summed E-state index contributed by atoms with van der Waals surface area (Å²) in [5.41, 5.74) is 4.56. The summed E-state index contributed by atoms with van der Waals surface area (Å²) in [6, 6.07) is 15.3. The van der Waals surface area contributed by atoms with Crippen LogP contribution in [0.5, 0.6) is 0 Å². The van der Waals surface area contributed by atoms with Crippen molar-refractivity contribution in [1.29, 1.82) is 0 Å². The summed E-state index contributed by atoms with van der Waals surface area (Å²) in [6.45, 7) is 6.10. The van der Waals surface area contributed by atoms with Gasteiger partial charge in [0.1, 0.15) is 12.6 Å². The second-order valence-electron chi connectivity index (χ2n) is 9.22. The number of carboxylic acids is 1. The van der Waals surface area contributed by atoms with Gasteiger partial charge in [-0.15, -0.1) is 0 Å². The average Bonchev–Trinajstić information content (AvgIpc) is 3.13. The first-order valence-electron chi connectivity index (χ1n) is 11.9. The predicted octanol–water partition coefficient (Wildman–Crippen LogP) is 4.56. The molecule has 0 bridgehead atoms. The molecule has 0 radical (unpaired) electrons. The summed E-state index contributed by atoms with van der Waals surface area (Å²) in [4.78, 5) is 36.7. The lowest BCUT2D eigenvalue weighted by molar-refractivity contribution is -0.142. The number of hydrogen-bond donors (Lipinski definition) is 3. The molecular weight excluding hydrogens is 432 g/mol. The van der Waals surface area contributed by atoms with Crippen LogP contribution in [0.3, 0.4) is 0 Å². The van der Waals surface area contributed by atoms with Gasteiger partial charge in [-0.3, -0.25) is 4.79 Å². The van der Waals surface area contributed by atoms with E-state index in [9.17, 15) is 19.5 Å². The van der Waals surface area contributed by atoms with Gasteiger partial charge < -0.3 is 20.5 Å². The molecule has 3 N–H and O–H groups in total. The standard InChI is InChI=1S/C27H34N2O5/c1-4-9-24(26(31)32)29-25(30)18(14-17(2)3)15-28-27(33)34-16-23-21-12-7-5-10-19(21)20-11-6-8-13-22(20)23/h5-8,10-13,17-18,23-24H,4,9,14-16H2,1-3H3,(H,28,33)(H,29,30)(H,31,32)/t18?,24-/m0/s1. The zero-order chi connectivity index (χ0) is 24.7. The first-order valence-corrected chi connectivity index (χ1v) is 11.9. The fraction of sp³-hybridized carbons (Fsp3) is 0.444.